The molecule has 0 atom stereocenters. The number of nitrogens with zero attached hydrogens (tertiary/aromatic N) is 1. The molecule has 3 aromatic rings. The molecule has 0 saturated heterocycles. The molecule has 0 unspecified atom stereocenters. The maximum Gasteiger partial charge on any atom is 0.411 e. The van der Waals surface area contributed by atoms with Crippen molar-refractivity contribution in [2.75, 3.05) is 12.4 Å². The number of nitrogens with one attached hydrogen (secondary N) is 1. The molecule has 0 radical (unpaired) electrons. The van der Waals surface area contributed by atoms with Crippen LogP contribution in [0.25, 0.3) is 10.2 Å². The molecule has 0 spiro atoms. The van der Waals surface area contributed by atoms with E-state index in [0.717, 1.165) is 33.8 Å². The maximum absolute atomic E-state index is 11.3. The Kier molecular flexibility index (Phi) is 5.19. The molecule has 3 rings (SSSR count). The van der Waals surface area contributed by atoms with Crippen molar-refractivity contribution in [1.82, 2.24) is 4.98 Å². The van der Waals surface area contributed by atoms with Crippen LogP contribution in [-0.2, 0) is 17.8 Å². The summed E-state index contributed by atoms with van der Waals surface area (Å²) >= 11 is 1.73. The zero-order chi connectivity index (χ0) is 17.8. The van der Waals surface area contributed by atoms with Crippen LogP contribution in [-0.4, -0.2) is 18.2 Å². The summed E-state index contributed by atoms with van der Waals surface area (Å²) in [6.45, 7) is 4.51. The summed E-state index contributed by atoms with van der Waals surface area (Å²) in [5, 5.41) is 3.82. The number of rotatable bonds is 5. The van der Waals surface area contributed by atoms with Gasteiger partial charge >= 0.3 is 6.09 Å². The Labute approximate surface area is 150 Å². The highest BCUT2D eigenvalue weighted by molar-refractivity contribution is 7.18. The number of hydrogen-bond acceptors (Lipinski definition) is 5. The number of anilines is 1. The highest BCUT2D eigenvalue weighted by Gasteiger charge is 2.07. The average molecular weight is 356 g/mol. The standard InChI is InChI=1S/C19H20N2O3S/c1-4-18-20-16-7-5-13(10-17(16)25-18)11-24-14-6-8-15(12(2)9-14)21-19(22)23-3/h5-10H,4,11H2,1-3H3,(H,21,22). The van der Waals surface area contributed by atoms with Crippen LogP contribution in [0.4, 0.5) is 10.5 Å². The molecule has 6 heteroatoms. The molecule has 1 aromatic heterocycles. The number of hydrogen-bond donors (Lipinski definition) is 1. The Bertz CT molecular complexity index is 905. The number of carbonyl (C=O) groups excluding carboxylic acids is 1. The molecule has 25 heavy (non-hydrogen) atoms. The number of amides is 1. The summed E-state index contributed by atoms with van der Waals surface area (Å²) in [4.78, 5) is 15.9. The Morgan fingerprint density at radius 2 is 2.08 bits per heavy atom. The second kappa shape index (κ2) is 7.53. The number of carbonyl (C=O) groups is 1. The zero-order valence-corrected chi connectivity index (χ0v) is 15.3. The second-order valence-corrected chi connectivity index (χ2v) is 6.76. The van der Waals surface area contributed by atoms with Gasteiger partial charge in [0.1, 0.15) is 12.4 Å². The van der Waals surface area contributed by atoms with E-state index in [0.29, 0.717) is 12.3 Å². The monoisotopic (exact) mass is 356 g/mol. The van der Waals surface area contributed by atoms with E-state index in [2.05, 4.69) is 28.0 Å². The molecule has 0 saturated carbocycles. The molecular formula is C19H20N2O3S. The van der Waals surface area contributed by atoms with E-state index >= 15 is 0 Å². The van der Waals surface area contributed by atoms with Crippen LogP contribution in [0.15, 0.2) is 36.4 Å². The number of aryl methyl sites for hydroxylation is 2. The van der Waals surface area contributed by atoms with E-state index in [9.17, 15) is 4.79 Å². The Balaban J connectivity index is 1.68. The number of thiazole rings is 1. The van der Waals surface area contributed by atoms with E-state index in [-0.39, 0.29) is 0 Å². The van der Waals surface area contributed by atoms with Gasteiger partial charge in [-0.15, -0.1) is 11.3 Å². The largest absolute Gasteiger partial charge is 0.489 e. The number of aromatic nitrogens is 1. The van der Waals surface area contributed by atoms with Crippen LogP contribution in [0, 0.1) is 6.92 Å². The van der Waals surface area contributed by atoms with Gasteiger partial charge in [-0.1, -0.05) is 13.0 Å². The molecule has 1 N–H and O–H groups in total. The minimum Gasteiger partial charge on any atom is -0.489 e. The first-order chi connectivity index (χ1) is 12.1. The molecule has 5 nitrogen and oxygen atoms in total. The fraction of sp³-hybridized carbons (Fsp3) is 0.263. The van der Waals surface area contributed by atoms with Gasteiger partial charge in [0.2, 0.25) is 0 Å². The lowest BCUT2D eigenvalue weighted by molar-refractivity contribution is 0.187. The predicted octanol–water partition coefficient (Wildman–Crippen LogP) is 4.92. The average Bonchev–Trinajstić information content (AvgIpc) is 3.04. The summed E-state index contributed by atoms with van der Waals surface area (Å²) in [5.41, 5.74) is 3.76. The predicted molar refractivity (Wildman–Crippen MR) is 101 cm³/mol. The summed E-state index contributed by atoms with van der Waals surface area (Å²) in [6.07, 6.45) is 0.470. The van der Waals surface area contributed by atoms with Gasteiger partial charge in [-0.25, -0.2) is 9.78 Å². The van der Waals surface area contributed by atoms with Crippen LogP contribution in [0.5, 0.6) is 5.75 Å². The van der Waals surface area contributed by atoms with Crippen molar-refractivity contribution in [3.63, 3.8) is 0 Å². The zero-order valence-electron chi connectivity index (χ0n) is 14.5. The first-order valence-electron chi connectivity index (χ1n) is 8.06. The first-order valence-corrected chi connectivity index (χ1v) is 8.87. The number of fused-ring (bicyclic) bond motifs is 1. The number of methoxy groups -OCH3 is 1. The highest BCUT2D eigenvalue weighted by Crippen LogP contribution is 2.25. The molecule has 130 valence electrons. The summed E-state index contributed by atoms with van der Waals surface area (Å²) in [7, 11) is 1.34. The van der Waals surface area contributed by atoms with Gasteiger partial charge < -0.3 is 9.47 Å². The Morgan fingerprint density at radius 1 is 1.24 bits per heavy atom. The van der Waals surface area contributed by atoms with Gasteiger partial charge in [-0.05, 0) is 54.8 Å². The third-order valence-corrected chi connectivity index (χ3v) is 4.99. The quantitative estimate of drug-likeness (QED) is 0.704. The smallest absolute Gasteiger partial charge is 0.411 e. The van der Waals surface area contributed by atoms with Gasteiger partial charge in [-0.3, -0.25) is 5.32 Å². The van der Waals surface area contributed by atoms with E-state index in [1.807, 2.05) is 37.3 Å². The summed E-state index contributed by atoms with van der Waals surface area (Å²) in [5.74, 6) is 0.756. The van der Waals surface area contributed by atoms with Crippen molar-refractivity contribution in [3.05, 3.63) is 52.5 Å². The third-order valence-electron chi connectivity index (χ3n) is 3.83. The molecule has 0 aliphatic rings. The van der Waals surface area contributed by atoms with Gasteiger partial charge in [-0.2, -0.15) is 0 Å². The van der Waals surface area contributed by atoms with Gasteiger partial charge in [0.25, 0.3) is 0 Å². The highest BCUT2D eigenvalue weighted by atomic mass is 32.1. The summed E-state index contributed by atoms with van der Waals surface area (Å²) < 4.78 is 11.7. The molecule has 1 amide bonds. The number of ether oxygens (including phenoxy) is 2. The van der Waals surface area contributed by atoms with Crippen LogP contribution in [0.2, 0.25) is 0 Å². The molecule has 2 aromatic carbocycles. The van der Waals surface area contributed by atoms with Crippen LogP contribution >= 0.6 is 11.3 Å². The van der Waals surface area contributed by atoms with Crippen molar-refractivity contribution in [2.45, 2.75) is 26.9 Å². The lowest BCUT2D eigenvalue weighted by atomic mass is 10.2. The minimum absolute atomic E-state index is 0.485. The van der Waals surface area contributed by atoms with Crippen molar-refractivity contribution in [2.24, 2.45) is 0 Å². The van der Waals surface area contributed by atoms with E-state index in [1.54, 1.807) is 11.3 Å². The molecule has 1 heterocycles. The van der Waals surface area contributed by atoms with Crippen molar-refractivity contribution in [1.29, 1.82) is 0 Å². The number of benzene rings is 2. The van der Waals surface area contributed by atoms with Crippen LogP contribution in [0.1, 0.15) is 23.1 Å². The lowest BCUT2D eigenvalue weighted by Crippen LogP contribution is -2.11. The Morgan fingerprint density at radius 3 is 2.80 bits per heavy atom. The fourth-order valence-corrected chi connectivity index (χ4v) is 3.42. The van der Waals surface area contributed by atoms with Crippen molar-refractivity contribution < 1.29 is 14.3 Å². The topological polar surface area (TPSA) is 60.5 Å². The molecular weight excluding hydrogens is 336 g/mol. The second-order valence-electron chi connectivity index (χ2n) is 5.65. The summed E-state index contributed by atoms with van der Waals surface area (Å²) in [6, 6.07) is 11.7. The van der Waals surface area contributed by atoms with Crippen molar-refractivity contribution >= 4 is 33.3 Å². The fourth-order valence-electron chi connectivity index (χ4n) is 2.45. The van der Waals surface area contributed by atoms with Gasteiger partial charge in [0, 0.05) is 5.69 Å². The molecule has 0 fully saturated rings. The third kappa shape index (κ3) is 4.09. The van der Waals surface area contributed by atoms with Gasteiger partial charge in [0.05, 0.1) is 22.3 Å². The van der Waals surface area contributed by atoms with Gasteiger partial charge in [0.15, 0.2) is 0 Å². The van der Waals surface area contributed by atoms with E-state index in [1.165, 1.54) is 11.8 Å². The molecule has 0 aliphatic carbocycles. The molecule has 0 aliphatic heterocycles. The SMILES string of the molecule is CCc1nc2ccc(COc3ccc(NC(=O)OC)c(C)c3)cc2s1. The maximum atomic E-state index is 11.3. The molecule has 0 bridgehead atoms. The Hall–Kier alpha value is -2.60. The van der Waals surface area contributed by atoms with Crippen LogP contribution in [0.3, 0.4) is 0 Å². The first kappa shape index (κ1) is 17.2. The minimum atomic E-state index is -0.485. The normalized spacial score (nSPS) is 10.7. The lowest BCUT2D eigenvalue weighted by Gasteiger charge is -2.11. The van der Waals surface area contributed by atoms with E-state index < -0.39 is 6.09 Å². The van der Waals surface area contributed by atoms with Crippen LogP contribution < -0.4 is 10.1 Å². The van der Waals surface area contributed by atoms with Crippen molar-refractivity contribution in [3.8, 4) is 5.75 Å². The van der Waals surface area contributed by atoms with E-state index in [4.69, 9.17) is 4.74 Å².